The zero-order chi connectivity index (χ0) is 13.2. The van der Waals surface area contributed by atoms with E-state index in [2.05, 4.69) is 23.3 Å². The van der Waals surface area contributed by atoms with Gasteiger partial charge in [-0.1, -0.05) is 6.92 Å². The number of rotatable bonds is 6. The van der Waals surface area contributed by atoms with Crippen LogP contribution in [0.3, 0.4) is 0 Å². The Morgan fingerprint density at radius 3 is 2.89 bits per heavy atom. The molecule has 0 bridgehead atoms. The number of ether oxygens (including phenoxy) is 1. The lowest BCUT2D eigenvalue weighted by atomic mass is 10.1. The number of nitrogens with zero attached hydrogens (tertiary/aromatic N) is 1. The molecule has 2 heterocycles. The average molecular weight is 262 g/mol. The lowest BCUT2D eigenvalue weighted by Gasteiger charge is -2.27. The number of aliphatic hydroxyl groups excluding tert-OH is 1. The quantitative estimate of drug-likeness (QED) is 0.810. The van der Waals surface area contributed by atoms with Gasteiger partial charge in [0.05, 0.1) is 6.20 Å². The van der Waals surface area contributed by atoms with E-state index in [4.69, 9.17) is 4.74 Å². The summed E-state index contributed by atoms with van der Waals surface area (Å²) in [5, 5.41) is 12.5. The Kier molecular flexibility index (Phi) is 3.71. The summed E-state index contributed by atoms with van der Waals surface area (Å²) in [6, 6.07) is 2.59. The molecule has 2 fully saturated rings. The second-order valence-electron chi connectivity index (χ2n) is 5.85. The maximum absolute atomic E-state index is 9.21. The van der Waals surface area contributed by atoms with E-state index in [0.29, 0.717) is 30.4 Å². The number of hydrogen-bond donors (Lipinski definition) is 2. The summed E-state index contributed by atoms with van der Waals surface area (Å²) < 4.78 is 5.76. The van der Waals surface area contributed by atoms with Gasteiger partial charge in [0.25, 0.3) is 0 Å². The predicted octanol–water partition coefficient (Wildman–Crippen LogP) is 1.24. The van der Waals surface area contributed by atoms with E-state index in [1.54, 1.807) is 6.20 Å². The van der Waals surface area contributed by atoms with E-state index in [1.807, 2.05) is 6.20 Å². The molecule has 1 saturated carbocycles. The molecule has 0 radical (unpaired) electrons. The molecule has 4 nitrogen and oxygen atoms in total. The van der Waals surface area contributed by atoms with Crippen molar-refractivity contribution < 1.29 is 9.84 Å². The largest absolute Gasteiger partial charge is 0.490 e. The molecule has 1 aliphatic carbocycles. The second-order valence-corrected chi connectivity index (χ2v) is 5.85. The fourth-order valence-corrected chi connectivity index (χ4v) is 2.89. The number of hydrogen-bond acceptors (Lipinski definition) is 4. The molecule has 2 aliphatic rings. The molecule has 3 rings (SSSR count). The third-order valence-corrected chi connectivity index (χ3v) is 4.59. The standard InChI is InChI=1S/C15H22N2O2/c1-10-14(15(10)8-18)5-11-4-13(7-16-6-11)19-9-12-2-3-17-12/h4,6-7,10,12,14-15,17-18H,2-3,5,8-9H2,1H3/t10-,12?,14?,15?/m1/s1. The summed E-state index contributed by atoms with van der Waals surface area (Å²) in [6.07, 6.45) is 5.89. The molecule has 2 N–H and O–H groups in total. The number of aromatic nitrogens is 1. The lowest BCUT2D eigenvalue weighted by molar-refractivity contribution is 0.216. The molecule has 0 aromatic carbocycles. The van der Waals surface area contributed by atoms with Gasteiger partial charge >= 0.3 is 0 Å². The molecule has 19 heavy (non-hydrogen) atoms. The van der Waals surface area contributed by atoms with Gasteiger partial charge in [-0.15, -0.1) is 0 Å². The van der Waals surface area contributed by atoms with Crippen molar-refractivity contribution in [2.75, 3.05) is 19.8 Å². The highest BCUT2D eigenvalue weighted by molar-refractivity contribution is 5.25. The zero-order valence-corrected chi connectivity index (χ0v) is 11.4. The van der Waals surface area contributed by atoms with E-state index in [1.165, 1.54) is 12.0 Å². The summed E-state index contributed by atoms with van der Waals surface area (Å²) in [5.41, 5.74) is 1.21. The van der Waals surface area contributed by atoms with Crippen LogP contribution in [0.15, 0.2) is 18.5 Å². The Morgan fingerprint density at radius 1 is 1.42 bits per heavy atom. The highest BCUT2D eigenvalue weighted by Crippen LogP contribution is 2.47. The third-order valence-electron chi connectivity index (χ3n) is 4.59. The maximum Gasteiger partial charge on any atom is 0.137 e. The first-order chi connectivity index (χ1) is 9.28. The topological polar surface area (TPSA) is 54.4 Å². The van der Waals surface area contributed by atoms with Gasteiger partial charge in [-0.25, -0.2) is 0 Å². The third kappa shape index (κ3) is 2.90. The highest BCUT2D eigenvalue weighted by atomic mass is 16.5. The van der Waals surface area contributed by atoms with Crippen molar-refractivity contribution in [3.8, 4) is 5.75 Å². The van der Waals surface area contributed by atoms with E-state index in [-0.39, 0.29) is 0 Å². The van der Waals surface area contributed by atoms with Gasteiger partial charge in [0.1, 0.15) is 12.4 Å². The predicted molar refractivity (Wildman–Crippen MR) is 73.1 cm³/mol. The van der Waals surface area contributed by atoms with Crippen LogP contribution in [0.2, 0.25) is 0 Å². The highest BCUT2D eigenvalue weighted by Gasteiger charge is 2.45. The van der Waals surface area contributed by atoms with Crippen LogP contribution in [0.4, 0.5) is 0 Å². The lowest BCUT2D eigenvalue weighted by Crippen LogP contribution is -2.46. The Labute approximate surface area is 114 Å². The van der Waals surface area contributed by atoms with Crippen molar-refractivity contribution >= 4 is 0 Å². The molecule has 1 aliphatic heterocycles. The minimum absolute atomic E-state index is 0.308. The smallest absolute Gasteiger partial charge is 0.137 e. The molecule has 1 aromatic rings. The van der Waals surface area contributed by atoms with Gasteiger partial charge in [-0.3, -0.25) is 4.98 Å². The van der Waals surface area contributed by atoms with Crippen LogP contribution in [0.1, 0.15) is 18.9 Å². The second kappa shape index (κ2) is 5.47. The van der Waals surface area contributed by atoms with Crippen molar-refractivity contribution in [3.63, 3.8) is 0 Å². The minimum atomic E-state index is 0.308. The van der Waals surface area contributed by atoms with Gasteiger partial charge in [0.2, 0.25) is 0 Å². The summed E-state index contributed by atoms with van der Waals surface area (Å²) in [4.78, 5) is 4.26. The van der Waals surface area contributed by atoms with E-state index in [9.17, 15) is 5.11 Å². The SMILES string of the molecule is C[C@H]1C(CO)C1Cc1cncc(OCC2CCN2)c1. The van der Waals surface area contributed by atoms with Crippen LogP contribution in [0.5, 0.6) is 5.75 Å². The molecular formula is C15H22N2O2. The van der Waals surface area contributed by atoms with Crippen LogP contribution < -0.4 is 10.1 Å². The molecule has 1 aromatic heterocycles. The fraction of sp³-hybridized carbons (Fsp3) is 0.667. The number of nitrogens with one attached hydrogen (secondary N) is 1. The van der Waals surface area contributed by atoms with Crippen LogP contribution >= 0.6 is 0 Å². The number of aliphatic hydroxyl groups is 1. The first kappa shape index (κ1) is 12.9. The van der Waals surface area contributed by atoms with Crippen LogP contribution in [-0.4, -0.2) is 35.9 Å². The normalized spacial score (nSPS) is 32.7. The van der Waals surface area contributed by atoms with E-state index in [0.717, 1.165) is 25.3 Å². The van der Waals surface area contributed by atoms with Crippen molar-refractivity contribution in [2.45, 2.75) is 25.8 Å². The summed E-state index contributed by atoms with van der Waals surface area (Å²) in [6.45, 7) is 4.35. The molecule has 104 valence electrons. The monoisotopic (exact) mass is 262 g/mol. The van der Waals surface area contributed by atoms with Crippen molar-refractivity contribution in [2.24, 2.45) is 17.8 Å². The van der Waals surface area contributed by atoms with Gasteiger partial charge < -0.3 is 15.2 Å². The van der Waals surface area contributed by atoms with E-state index >= 15 is 0 Å². The molecule has 3 unspecified atom stereocenters. The Balaban J connectivity index is 1.54. The average Bonchev–Trinajstić information content (AvgIpc) is 2.97. The van der Waals surface area contributed by atoms with Crippen LogP contribution in [0, 0.1) is 17.8 Å². The van der Waals surface area contributed by atoms with Crippen LogP contribution in [0.25, 0.3) is 0 Å². The molecule has 1 saturated heterocycles. The first-order valence-electron chi connectivity index (χ1n) is 7.19. The molecule has 0 spiro atoms. The molecule has 4 heteroatoms. The minimum Gasteiger partial charge on any atom is -0.490 e. The zero-order valence-electron chi connectivity index (χ0n) is 11.4. The Morgan fingerprint density at radius 2 is 2.26 bits per heavy atom. The first-order valence-corrected chi connectivity index (χ1v) is 7.19. The maximum atomic E-state index is 9.21. The van der Waals surface area contributed by atoms with Gasteiger partial charge in [0.15, 0.2) is 0 Å². The van der Waals surface area contributed by atoms with Crippen molar-refractivity contribution in [3.05, 3.63) is 24.0 Å². The van der Waals surface area contributed by atoms with Crippen molar-refractivity contribution in [1.29, 1.82) is 0 Å². The van der Waals surface area contributed by atoms with Gasteiger partial charge in [-0.2, -0.15) is 0 Å². The van der Waals surface area contributed by atoms with Gasteiger partial charge in [-0.05, 0) is 48.8 Å². The Hall–Kier alpha value is -1.13. The summed E-state index contributed by atoms with van der Waals surface area (Å²) in [5.74, 6) is 2.58. The summed E-state index contributed by atoms with van der Waals surface area (Å²) in [7, 11) is 0. The number of pyridine rings is 1. The molecule has 4 atom stereocenters. The van der Waals surface area contributed by atoms with E-state index < -0.39 is 0 Å². The molecule has 0 amide bonds. The Bertz CT molecular complexity index is 434. The van der Waals surface area contributed by atoms with Crippen molar-refractivity contribution in [1.82, 2.24) is 10.3 Å². The summed E-state index contributed by atoms with van der Waals surface area (Å²) >= 11 is 0. The van der Waals surface area contributed by atoms with Gasteiger partial charge in [0, 0.05) is 18.8 Å². The fourth-order valence-electron chi connectivity index (χ4n) is 2.89. The molecular weight excluding hydrogens is 240 g/mol. The van der Waals surface area contributed by atoms with Crippen LogP contribution in [-0.2, 0) is 6.42 Å².